The highest BCUT2D eigenvalue weighted by atomic mass is 16.2. The summed E-state index contributed by atoms with van der Waals surface area (Å²) < 4.78 is 0. The Labute approximate surface area is 121 Å². The lowest BCUT2D eigenvalue weighted by Gasteiger charge is -2.32. The fraction of sp³-hybridized carbons (Fsp3) is 0.500. The molecule has 0 aliphatic heterocycles. The minimum atomic E-state index is -0.626. The van der Waals surface area contributed by atoms with Gasteiger partial charge in [0.25, 0.3) is 0 Å². The number of carbonyl (C=O) groups excluding carboxylic acids is 1. The van der Waals surface area contributed by atoms with Crippen molar-refractivity contribution in [2.24, 2.45) is 5.92 Å². The number of nitrogens with two attached hydrogens (primary N) is 1. The Balaban J connectivity index is 2.97. The average molecular weight is 273 g/mol. The highest BCUT2D eigenvalue weighted by Gasteiger charge is 2.33. The van der Waals surface area contributed by atoms with Crippen LogP contribution in [0.3, 0.4) is 0 Å². The first-order valence-electron chi connectivity index (χ1n) is 6.88. The van der Waals surface area contributed by atoms with Gasteiger partial charge in [0.2, 0.25) is 5.91 Å². The van der Waals surface area contributed by atoms with Crippen molar-refractivity contribution in [1.82, 2.24) is 4.90 Å². The molecule has 1 unspecified atom stereocenters. The van der Waals surface area contributed by atoms with E-state index >= 15 is 0 Å². The molecule has 20 heavy (non-hydrogen) atoms. The number of hydrogen-bond acceptors (Lipinski definition) is 3. The molecule has 108 valence electrons. The van der Waals surface area contributed by atoms with Gasteiger partial charge in [0.15, 0.2) is 0 Å². The van der Waals surface area contributed by atoms with E-state index < -0.39 is 5.41 Å². The van der Waals surface area contributed by atoms with Crippen LogP contribution in [0, 0.1) is 17.2 Å². The van der Waals surface area contributed by atoms with E-state index in [1.165, 1.54) is 0 Å². The Morgan fingerprint density at radius 2 is 1.95 bits per heavy atom. The van der Waals surface area contributed by atoms with Gasteiger partial charge in [-0.1, -0.05) is 12.1 Å². The van der Waals surface area contributed by atoms with Crippen LogP contribution in [-0.2, 0) is 10.2 Å². The van der Waals surface area contributed by atoms with E-state index in [1.807, 2.05) is 39.8 Å². The Kier molecular flexibility index (Phi) is 5.15. The standard InChI is InChI=1S/C16H23N3O/c1-5-19(11-12(2)10-17)15(20)16(3,4)13-6-8-14(18)9-7-13/h6-9,12H,5,11,18H2,1-4H3. The second kappa shape index (κ2) is 6.42. The zero-order chi connectivity index (χ0) is 15.3. The number of benzene rings is 1. The van der Waals surface area contributed by atoms with Gasteiger partial charge in [-0.15, -0.1) is 0 Å². The zero-order valence-electron chi connectivity index (χ0n) is 12.7. The normalized spacial score (nSPS) is 12.6. The number of hydrogen-bond donors (Lipinski definition) is 1. The van der Waals surface area contributed by atoms with Gasteiger partial charge in [-0.2, -0.15) is 5.26 Å². The topological polar surface area (TPSA) is 70.1 Å². The summed E-state index contributed by atoms with van der Waals surface area (Å²) in [7, 11) is 0. The smallest absolute Gasteiger partial charge is 0.232 e. The minimum Gasteiger partial charge on any atom is -0.399 e. The lowest BCUT2D eigenvalue weighted by Crippen LogP contribution is -2.45. The van der Waals surface area contributed by atoms with Crippen molar-refractivity contribution in [2.45, 2.75) is 33.1 Å². The van der Waals surface area contributed by atoms with Crippen molar-refractivity contribution in [3.8, 4) is 6.07 Å². The molecule has 0 aromatic heterocycles. The molecular weight excluding hydrogens is 250 g/mol. The molecule has 0 aliphatic carbocycles. The van der Waals surface area contributed by atoms with Crippen LogP contribution in [0.2, 0.25) is 0 Å². The van der Waals surface area contributed by atoms with Gasteiger partial charge in [0, 0.05) is 18.8 Å². The number of amides is 1. The van der Waals surface area contributed by atoms with E-state index in [0.717, 1.165) is 5.56 Å². The molecule has 0 bridgehead atoms. The molecular formula is C16H23N3O. The molecule has 0 heterocycles. The van der Waals surface area contributed by atoms with E-state index in [2.05, 4.69) is 6.07 Å². The molecule has 0 saturated carbocycles. The molecule has 1 aromatic carbocycles. The largest absolute Gasteiger partial charge is 0.399 e. The molecule has 2 N–H and O–H groups in total. The van der Waals surface area contributed by atoms with Gasteiger partial charge < -0.3 is 10.6 Å². The van der Waals surface area contributed by atoms with Gasteiger partial charge in [-0.05, 0) is 45.4 Å². The molecule has 0 spiro atoms. The predicted octanol–water partition coefficient (Wildman–Crippen LogP) is 2.55. The first kappa shape index (κ1) is 16.0. The summed E-state index contributed by atoms with van der Waals surface area (Å²) in [6, 6.07) is 9.55. The summed E-state index contributed by atoms with van der Waals surface area (Å²) in [6.45, 7) is 8.63. The van der Waals surface area contributed by atoms with Crippen LogP contribution in [0.25, 0.3) is 0 Å². The summed E-state index contributed by atoms with van der Waals surface area (Å²) in [5.74, 6) is -0.131. The Hall–Kier alpha value is -2.02. The number of likely N-dealkylation sites (N-methyl/N-ethyl adjacent to an activating group) is 1. The van der Waals surface area contributed by atoms with Crippen LogP contribution in [-0.4, -0.2) is 23.9 Å². The fourth-order valence-corrected chi connectivity index (χ4v) is 2.15. The predicted molar refractivity (Wildman–Crippen MR) is 80.9 cm³/mol. The Morgan fingerprint density at radius 1 is 1.40 bits per heavy atom. The maximum Gasteiger partial charge on any atom is 0.232 e. The Bertz CT molecular complexity index is 499. The van der Waals surface area contributed by atoms with Gasteiger partial charge in [0.1, 0.15) is 0 Å². The molecule has 4 nitrogen and oxygen atoms in total. The third-order valence-electron chi connectivity index (χ3n) is 3.55. The van der Waals surface area contributed by atoms with Crippen LogP contribution < -0.4 is 5.73 Å². The number of carbonyl (C=O) groups is 1. The molecule has 1 amide bonds. The number of nitriles is 1. The molecule has 4 heteroatoms. The first-order chi connectivity index (χ1) is 9.32. The van der Waals surface area contributed by atoms with Crippen molar-refractivity contribution >= 4 is 11.6 Å². The van der Waals surface area contributed by atoms with Gasteiger partial charge in [0.05, 0.1) is 17.4 Å². The van der Waals surface area contributed by atoms with Gasteiger partial charge in [-0.25, -0.2) is 0 Å². The monoisotopic (exact) mass is 273 g/mol. The lowest BCUT2D eigenvalue weighted by atomic mass is 9.83. The zero-order valence-corrected chi connectivity index (χ0v) is 12.7. The van der Waals surface area contributed by atoms with E-state index in [0.29, 0.717) is 18.8 Å². The number of nitrogen functional groups attached to an aromatic ring is 1. The Morgan fingerprint density at radius 3 is 2.40 bits per heavy atom. The van der Waals surface area contributed by atoms with E-state index in [4.69, 9.17) is 11.0 Å². The average Bonchev–Trinajstić information content (AvgIpc) is 2.44. The SMILES string of the molecule is CCN(CC(C)C#N)C(=O)C(C)(C)c1ccc(N)cc1. The van der Waals surface area contributed by atoms with Crippen LogP contribution in [0.1, 0.15) is 33.3 Å². The minimum absolute atomic E-state index is 0.0341. The summed E-state index contributed by atoms with van der Waals surface area (Å²) in [5.41, 5.74) is 6.67. The second-order valence-electron chi connectivity index (χ2n) is 5.62. The summed E-state index contributed by atoms with van der Waals surface area (Å²) in [6.07, 6.45) is 0. The molecule has 1 atom stereocenters. The quantitative estimate of drug-likeness (QED) is 0.838. The summed E-state index contributed by atoms with van der Waals surface area (Å²) >= 11 is 0. The third kappa shape index (κ3) is 3.51. The van der Waals surface area contributed by atoms with Crippen LogP contribution in [0.15, 0.2) is 24.3 Å². The van der Waals surface area contributed by atoms with Crippen LogP contribution >= 0.6 is 0 Å². The number of anilines is 1. The number of nitrogens with zero attached hydrogens (tertiary/aromatic N) is 2. The maximum atomic E-state index is 12.7. The third-order valence-corrected chi connectivity index (χ3v) is 3.55. The van der Waals surface area contributed by atoms with Crippen LogP contribution in [0.5, 0.6) is 0 Å². The number of rotatable bonds is 5. The van der Waals surface area contributed by atoms with Crippen molar-refractivity contribution in [3.05, 3.63) is 29.8 Å². The molecule has 0 radical (unpaired) electrons. The molecule has 1 rings (SSSR count). The molecule has 1 aromatic rings. The lowest BCUT2D eigenvalue weighted by molar-refractivity contribution is -0.136. The molecule has 0 aliphatic rings. The summed E-state index contributed by atoms with van der Waals surface area (Å²) in [4.78, 5) is 14.5. The van der Waals surface area contributed by atoms with E-state index in [9.17, 15) is 4.79 Å². The van der Waals surface area contributed by atoms with E-state index in [-0.39, 0.29) is 11.8 Å². The fourth-order valence-electron chi connectivity index (χ4n) is 2.15. The van der Waals surface area contributed by atoms with Gasteiger partial charge >= 0.3 is 0 Å². The molecule has 0 fully saturated rings. The van der Waals surface area contributed by atoms with Crippen molar-refractivity contribution in [3.63, 3.8) is 0 Å². The highest BCUT2D eigenvalue weighted by Crippen LogP contribution is 2.26. The van der Waals surface area contributed by atoms with E-state index in [1.54, 1.807) is 17.0 Å². The first-order valence-corrected chi connectivity index (χ1v) is 6.88. The second-order valence-corrected chi connectivity index (χ2v) is 5.62. The van der Waals surface area contributed by atoms with Gasteiger partial charge in [-0.3, -0.25) is 4.79 Å². The van der Waals surface area contributed by atoms with Crippen molar-refractivity contribution < 1.29 is 4.79 Å². The summed E-state index contributed by atoms with van der Waals surface area (Å²) in [5, 5.41) is 8.91. The van der Waals surface area contributed by atoms with Crippen LogP contribution in [0.4, 0.5) is 5.69 Å². The highest BCUT2D eigenvalue weighted by molar-refractivity contribution is 5.87. The van der Waals surface area contributed by atoms with Crippen molar-refractivity contribution in [2.75, 3.05) is 18.8 Å². The maximum absolute atomic E-state index is 12.7. The molecule has 0 saturated heterocycles. The van der Waals surface area contributed by atoms with Crippen molar-refractivity contribution in [1.29, 1.82) is 5.26 Å².